The van der Waals surface area contributed by atoms with Crippen molar-refractivity contribution < 1.29 is 22.3 Å². The maximum atomic E-state index is 15.0. The predicted molar refractivity (Wildman–Crippen MR) is 166 cm³/mol. The van der Waals surface area contributed by atoms with Crippen molar-refractivity contribution in [2.75, 3.05) is 56.0 Å². The van der Waals surface area contributed by atoms with Crippen LogP contribution in [0.25, 0.3) is 16.6 Å². The summed E-state index contributed by atoms with van der Waals surface area (Å²) in [5, 5.41) is 13.3. The van der Waals surface area contributed by atoms with Crippen LogP contribution in [0.15, 0.2) is 53.8 Å². The van der Waals surface area contributed by atoms with Gasteiger partial charge in [-0.1, -0.05) is 0 Å². The number of benzene rings is 2. The summed E-state index contributed by atoms with van der Waals surface area (Å²) in [6.45, 7) is 3.59. The van der Waals surface area contributed by atoms with Crippen molar-refractivity contribution in [2.45, 2.75) is 12.5 Å². The quantitative estimate of drug-likeness (QED) is 0.285. The normalized spacial score (nSPS) is 17.1. The van der Waals surface area contributed by atoms with Crippen LogP contribution in [-0.2, 0) is 14.9 Å². The molecular weight excluding hydrogens is 629 g/mol. The third-order valence-corrected chi connectivity index (χ3v) is 8.98. The fourth-order valence-electron chi connectivity index (χ4n) is 5.10. The van der Waals surface area contributed by atoms with Crippen molar-refractivity contribution >= 4 is 45.2 Å². The molecule has 2 aromatic heterocycles. The summed E-state index contributed by atoms with van der Waals surface area (Å²) in [7, 11) is -2.56. The van der Waals surface area contributed by atoms with Gasteiger partial charge in [0, 0.05) is 46.4 Å². The average molecular weight is 658 g/mol. The van der Waals surface area contributed by atoms with Gasteiger partial charge >= 0.3 is 10.2 Å². The van der Waals surface area contributed by atoms with Crippen LogP contribution in [-0.4, -0.2) is 84.7 Å². The third kappa shape index (κ3) is 6.53. The van der Waals surface area contributed by atoms with E-state index in [0.717, 1.165) is 38.3 Å². The molecule has 4 aromatic rings. The molecule has 4 heterocycles. The van der Waals surface area contributed by atoms with Crippen molar-refractivity contribution in [3.8, 4) is 23.3 Å². The second-order valence-electron chi connectivity index (χ2n) is 10.2. The molecule has 0 radical (unpaired) electrons. The topological polar surface area (TPSA) is 168 Å². The van der Waals surface area contributed by atoms with Gasteiger partial charge in [-0.3, -0.25) is 14.1 Å². The second kappa shape index (κ2) is 13.3. The molecule has 0 bridgehead atoms. The van der Waals surface area contributed by atoms with E-state index in [1.165, 1.54) is 40.5 Å². The minimum Gasteiger partial charge on any atom is -0.453 e. The summed E-state index contributed by atoms with van der Waals surface area (Å²) < 4.78 is 56.8. The molecule has 45 heavy (non-hydrogen) atoms. The molecule has 1 atom stereocenters. The lowest BCUT2D eigenvalue weighted by Crippen LogP contribution is -2.44. The fraction of sp³-hybridized carbons (Fsp3) is 0.321. The van der Waals surface area contributed by atoms with Crippen LogP contribution in [0.4, 0.5) is 16.0 Å². The maximum absolute atomic E-state index is 15.0. The SMILES string of the molecule is CO[C@@H]1CCN(S(=O)(=O)Nc2ccc(F)c(Oc3ccc4ncn(-c5cnc(N6CCNCC6)nc5)c(=O)c4c3)c2C#N)C1.Cl. The van der Waals surface area contributed by atoms with Crippen LogP contribution in [0.1, 0.15) is 12.0 Å². The minimum atomic E-state index is -4.06. The van der Waals surface area contributed by atoms with Gasteiger partial charge < -0.3 is 19.7 Å². The van der Waals surface area contributed by atoms with Crippen LogP contribution in [0, 0.1) is 17.1 Å². The number of nitrogens with one attached hydrogen (secondary N) is 2. The fourth-order valence-corrected chi connectivity index (χ4v) is 6.38. The average Bonchev–Trinajstić information content (AvgIpc) is 3.55. The van der Waals surface area contributed by atoms with Crippen molar-refractivity contribution in [2.24, 2.45) is 0 Å². The first kappa shape index (κ1) is 32.0. The summed E-state index contributed by atoms with van der Waals surface area (Å²) in [6.07, 6.45) is 4.72. The summed E-state index contributed by atoms with van der Waals surface area (Å²) in [5.74, 6) is -0.788. The molecule has 2 aromatic carbocycles. The highest BCUT2D eigenvalue weighted by molar-refractivity contribution is 7.90. The van der Waals surface area contributed by atoms with Gasteiger partial charge in [-0.25, -0.2) is 19.3 Å². The molecule has 2 N–H and O–H groups in total. The van der Waals surface area contributed by atoms with Crippen LogP contribution in [0.2, 0.25) is 0 Å². The number of anilines is 2. The number of piperazine rings is 1. The summed E-state index contributed by atoms with van der Waals surface area (Å²) in [4.78, 5) is 28.7. The largest absolute Gasteiger partial charge is 0.453 e. The second-order valence-corrected chi connectivity index (χ2v) is 11.9. The van der Waals surface area contributed by atoms with Gasteiger partial charge in [0.2, 0.25) is 5.95 Å². The zero-order valence-electron chi connectivity index (χ0n) is 24.0. The Bertz CT molecular complexity index is 1920. The number of methoxy groups -OCH3 is 1. The van der Waals surface area contributed by atoms with E-state index < -0.39 is 27.3 Å². The first-order valence-electron chi connectivity index (χ1n) is 13.8. The van der Waals surface area contributed by atoms with Crippen molar-refractivity contribution in [3.05, 3.63) is 70.8 Å². The van der Waals surface area contributed by atoms with E-state index in [1.54, 1.807) is 12.4 Å². The Labute approximate surface area is 264 Å². The first-order chi connectivity index (χ1) is 21.3. The molecule has 0 saturated carbocycles. The number of nitrogens with zero attached hydrogens (tertiary/aromatic N) is 7. The molecule has 2 aliphatic rings. The van der Waals surface area contributed by atoms with Crippen LogP contribution in [0.3, 0.4) is 0 Å². The van der Waals surface area contributed by atoms with E-state index in [-0.39, 0.29) is 54.0 Å². The molecule has 0 spiro atoms. The number of hydrogen-bond donors (Lipinski definition) is 2. The molecule has 236 valence electrons. The molecular formula is C28H29ClFN9O5S. The van der Waals surface area contributed by atoms with Gasteiger partial charge in [-0.05, 0) is 36.8 Å². The molecule has 0 aliphatic carbocycles. The smallest absolute Gasteiger partial charge is 0.301 e. The van der Waals surface area contributed by atoms with Gasteiger partial charge in [-0.2, -0.15) is 18.0 Å². The number of hydrogen-bond acceptors (Lipinski definition) is 11. The van der Waals surface area contributed by atoms with Crippen LogP contribution < -0.4 is 25.2 Å². The zero-order chi connectivity index (χ0) is 30.8. The van der Waals surface area contributed by atoms with Crippen molar-refractivity contribution in [1.82, 2.24) is 29.1 Å². The molecule has 2 fully saturated rings. The van der Waals surface area contributed by atoms with E-state index in [2.05, 4.69) is 25.0 Å². The van der Waals surface area contributed by atoms with Gasteiger partial charge in [0.05, 0.1) is 40.8 Å². The Balaban J connectivity index is 0.00000400. The summed E-state index contributed by atoms with van der Waals surface area (Å²) in [6, 6.07) is 8.35. The highest BCUT2D eigenvalue weighted by Crippen LogP contribution is 2.34. The third-order valence-electron chi connectivity index (χ3n) is 7.49. The molecule has 0 unspecified atom stereocenters. The number of fused-ring (bicyclic) bond motifs is 1. The molecule has 6 rings (SSSR count). The lowest BCUT2D eigenvalue weighted by atomic mass is 10.1. The van der Waals surface area contributed by atoms with E-state index in [4.69, 9.17) is 9.47 Å². The Morgan fingerprint density at radius 2 is 1.87 bits per heavy atom. The van der Waals surface area contributed by atoms with Gasteiger partial charge in [0.25, 0.3) is 5.56 Å². The monoisotopic (exact) mass is 657 g/mol. The van der Waals surface area contributed by atoms with Gasteiger partial charge in [0.15, 0.2) is 11.6 Å². The molecule has 17 heteroatoms. The summed E-state index contributed by atoms with van der Waals surface area (Å²) in [5.41, 5.74) is -0.191. The Morgan fingerprint density at radius 3 is 2.56 bits per heavy atom. The van der Waals surface area contributed by atoms with Gasteiger partial charge in [0.1, 0.15) is 23.7 Å². The van der Waals surface area contributed by atoms with Crippen LogP contribution in [0.5, 0.6) is 11.5 Å². The van der Waals surface area contributed by atoms with E-state index in [0.29, 0.717) is 23.6 Å². The van der Waals surface area contributed by atoms with E-state index in [9.17, 15) is 18.5 Å². The van der Waals surface area contributed by atoms with Crippen LogP contribution >= 0.6 is 12.4 Å². The van der Waals surface area contributed by atoms with Crippen molar-refractivity contribution in [1.29, 1.82) is 5.26 Å². The lowest BCUT2D eigenvalue weighted by Gasteiger charge is -2.27. The zero-order valence-corrected chi connectivity index (χ0v) is 25.6. The standard InChI is InChI=1S/C28H28FN9O5S.ClH/c1-42-20-6-9-37(16-20)44(40,41)35-25-5-3-23(29)26(22(25)13-30)43-19-2-4-24-21(12-19)27(39)38(17-34-24)18-14-32-28(33-15-18)36-10-7-31-8-11-36;/h2-5,12,14-15,17,20,31,35H,6-11,16H2,1H3;1H/t20-;/m1./s1. The number of ether oxygens (including phenoxy) is 2. The minimum absolute atomic E-state index is 0. The first-order valence-corrected chi connectivity index (χ1v) is 15.2. The summed E-state index contributed by atoms with van der Waals surface area (Å²) >= 11 is 0. The van der Waals surface area contributed by atoms with Gasteiger partial charge in [-0.15, -0.1) is 12.4 Å². The highest BCUT2D eigenvalue weighted by Gasteiger charge is 2.32. The molecule has 2 saturated heterocycles. The number of rotatable bonds is 8. The molecule has 0 amide bonds. The highest BCUT2D eigenvalue weighted by atomic mass is 35.5. The number of aromatic nitrogens is 4. The van der Waals surface area contributed by atoms with E-state index in [1.807, 2.05) is 11.0 Å². The number of nitriles is 1. The molecule has 2 aliphatic heterocycles. The molecule has 14 nitrogen and oxygen atoms in total. The Kier molecular flexibility index (Phi) is 9.46. The number of halogens is 2. The Hall–Kier alpha value is -4.40. The maximum Gasteiger partial charge on any atom is 0.301 e. The van der Waals surface area contributed by atoms with E-state index >= 15 is 4.39 Å². The predicted octanol–water partition coefficient (Wildman–Crippen LogP) is 2.19. The Morgan fingerprint density at radius 1 is 1.11 bits per heavy atom. The lowest BCUT2D eigenvalue weighted by molar-refractivity contribution is 0.115. The van der Waals surface area contributed by atoms with Crippen molar-refractivity contribution in [3.63, 3.8) is 0 Å².